The summed E-state index contributed by atoms with van der Waals surface area (Å²) in [6, 6.07) is 12.5. The molecule has 154 valence electrons. The number of thiazole rings is 1. The van der Waals surface area contributed by atoms with Crippen LogP contribution in [0.25, 0.3) is 10.2 Å². The number of ether oxygens (including phenoxy) is 1. The van der Waals surface area contributed by atoms with Crippen molar-refractivity contribution in [3.05, 3.63) is 52.8 Å². The van der Waals surface area contributed by atoms with Crippen molar-refractivity contribution in [2.24, 2.45) is 4.99 Å². The predicted octanol–water partition coefficient (Wildman–Crippen LogP) is 3.72. The summed E-state index contributed by atoms with van der Waals surface area (Å²) in [5.41, 5.74) is 2.00. The van der Waals surface area contributed by atoms with E-state index in [1.807, 2.05) is 36.6 Å². The van der Waals surface area contributed by atoms with Crippen molar-refractivity contribution in [1.82, 2.24) is 4.57 Å². The van der Waals surface area contributed by atoms with Crippen molar-refractivity contribution in [2.45, 2.75) is 38.1 Å². The van der Waals surface area contributed by atoms with Crippen LogP contribution in [0.3, 0.4) is 0 Å². The Kier molecular flexibility index (Phi) is 6.54. The van der Waals surface area contributed by atoms with Gasteiger partial charge in [-0.25, -0.2) is 8.42 Å². The van der Waals surface area contributed by atoms with Gasteiger partial charge in [0.2, 0.25) is 5.91 Å². The quantitative estimate of drug-likeness (QED) is 0.570. The third-order valence-corrected chi connectivity index (χ3v) is 7.47. The number of benzene rings is 2. The van der Waals surface area contributed by atoms with Crippen LogP contribution in [0.2, 0.25) is 0 Å². The van der Waals surface area contributed by atoms with Gasteiger partial charge in [-0.1, -0.05) is 29.0 Å². The minimum absolute atomic E-state index is 0.0747. The number of sulfone groups is 1. The van der Waals surface area contributed by atoms with Crippen LogP contribution in [-0.4, -0.2) is 31.8 Å². The Hall–Kier alpha value is -2.45. The van der Waals surface area contributed by atoms with Crippen molar-refractivity contribution >= 4 is 37.3 Å². The summed E-state index contributed by atoms with van der Waals surface area (Å²) in [5, 5.41) is 0. The molecular formula is C21H24N2O4S2. The molecule has 0 saturated heterocycles. The highest BCUT2D eigenvalue weighted by Crippen LogP contribution is 2.23. The molecule has 1 heterocycles. The highest BCUT2D eigenvalue weighted by molar-refractivity contribution is 7.91. The first-order valence-electron chi connectivity index (χ1n) is 9.38. The first-order valence-corrected chi connectivity index (χ1v) is 11.9. The van der Waals surface area contributed by atoms with Crippen LogP contribution in [-0.2, 0) is 21.2 Å². The van der Waals surface area contributed by atoms with E-state index in [0.717, 1.165) is 21.5 Å². The summed E-state index contributed by atoms with van der Waals surface area (Å²) in [6.45, 7) is 4.58. The SMILES string of the molecule is CCn1c(=NC(=O)CCCS(=O)(=O)c2ccc(C)cc2)sc2cc(OC)ccc21. The van der Waals surface area contributed by atoms with E-state index in [0.29, 0.717) is 11.3 Å². The molecule has 0 saturated carbocycles. The molecule has 0 atom stereocenters. The van der Waals surface area contributed by atoms with Crippen molar-refractivity contribution < 1.29 is 17.9 Å². The van der Waals surface area contributed by atoms with E-state index in [1.165, 1.54) is 11.3 Å². The van der Waals surface area contributed by atoms with Crippen molar-refractivity contribution in [3.63, 3.8) is 0 Å². The van der Waals surface area contributed by atoms with Gasteiger partial charge < -0.3 is 9.30 Å². The first kappa shape index (κ1) is 21.3. The molecule has 1 amide bonds. The highest BCUT2D eigenvalue weighted by atomic mass is 32.2. The van der Waals surface area contributed by atoms with Gasteiger partial charge in [-0.15, -0.1) is 0 Å². The summed E-state index contributed by atoms with van der Waals surface area (Å²) in [4.78, 5) is 17.5. The maximum absolute atomic E-state index is 12.4. The van der Waals surface area contributed by atoms with Crippen LogP contribution in [0.15, 0.2) is 52.4 Å². The molecule has 1 aromatic heterocycles. The molecule has 2 aromatic carbocycles. The second kappa shape index (κ2) is 8.92. The van der Waals surface area contributed by atoms with E-state index >= 15 is 0 Å². The Morgan fingerprint density at radius 2 is 1.90 bits per heavy atom. The number of fused-ring (bicyclic) bond motifs is 1. The van der Waals surface area contributed by atoms with Crippen LogP contribution >= 0.6 is 11.3 Å². The topological polar surface area (TPSA) is 77.7 Å². The summed E-state index contributed by atoms with van der Waals surface area (Å²) in [5.74, 6) is 0.361. The average molecular weight is 433 g/mol. The molecule has 0 aliphatic carbocycles. The lowest BCUT2D eigenvalue weighted by molar-refractivity contribution is -0.118. The Morgan fingerprint density at radius 1 is 1.17 bits per heavy atom. The van der Waals surface area contributed by atoms with Crippen molar-refractivity contribution in [1.29, 1.82) is 0 Å². The normalized spacial score (nSPS) is 12.4. The van der Waals surface area contributed by atoms with Crippen LogP contribution in [0.5, 0.6) is 5.75 Å². The molecule has 0 radical (unpaired) electrons. The van der Waals surface area contributed by atoms with Gasteiger partial charge in [0.15, 0.2) is 14.6 Å². The van der Waals surface area contributed by atoms with Gasteiger partial charge in [0.1, 0.15) is 5.75 Å². The van der Waals surface area contributed by atoms with Crippen LogP contribution in [0.4, 0.5) is 0 Å². The zero-order valence-corrected chi connectivity index (χ0v) is 18.3. The Balaban J connectivity index is 1.73. The van der Waals surface area contributed by atoms with Crippen LogP contribution in [0.1, 0.15) is 25.3 Å². The summed E-state index contributed by atoms with van der Waals surface area (Å²) < 4.78 is 33.0. The monoisotopic (exact) mass is 432 g/mol. The Morgan fingerprint density at radius 3 is 2.55 bits per heavy atom. The summed E-state index contributed by atoms with van der Waals surface area (Å²) in [6.07, 6.45) is 0.329. The van der Waals surface area contributed by atoms with Gasteiger partial charge in [0.25, 0.3) is 0 Å². The highest BCUT2D eigenvalue weighted by Gasteiger charge is 2.15. The van der Waals surface area contributed by atoms with E-state index in [9.17, 15) is 13.2 Å². The number of rotatable bonds is 7. The van der Waals surface area contributed by atoms with Crippen molar-refractivity contribution in [2.75, 3.05) is 12.9 Å². The molecule has 0 N–H and O–H groups in total. The number of aromatic nitrogens is 1. The minimum Gasteiger partial charge on any atom is -0.497 e. The van der Waals surface area contributed by atoms with E-state index in [2.05, 4.69) is 4.99 Å². The van der Waals surface area contributed by atoms with Gasteiger partial charge in [-0.2, -0.15) is 4.99 Å². The van der Waals surface area contributed by atoms with Gasteiger partial charge in [-0.3, -0.25) is 4.79 Å². The van der Waals surface area contributed by atoms with Crippen molar-refractivity contribution in [3.8, 4) is 5.75 Å². The zero-order valence-electron chi connectivity index (χ0n) is 16.7. The van der Waals surface area contributed by atoms with Gasteiger partial charge >= 0.3 is 0 Å². The summed E-state index contributed by atoms with van der Waals surface area (Å²) in [7, 11) is -1.78. The fourth-order valence-electron chi connectivity index (χ4n) is 3.01. The number of aryl methyl sites for hydroxylation is 2. The predicted molar refractivity (Wildman–Crippen MR) is 115 cm³/mol. The average Bonchev–Trinajstić information content (AvgIpc) is 3.03. The summed E-state index contributed by atoms with van der Waals surface area (Å²) >= 11 is 1.42. The van der Waals surface area contributed by atoms with Crippen LogP contribution < -0.4 is 9.54 Å². The largest absolute Gasteiger partial charge is 0.497 e. The number of hydrogen-bond acceptors (Lipinski definition) is 5. The van der Waals surface area contributed by atoms with Crippen LogP contribution in [0, 0.1) is 6.92 Å². The Labute approximate surface area is 174 Å². The minimum atomic E-state index is -3.40. The number of amides is 1. The molecule has 0 spiro atoms. The number of carbonyl (C=O) groups is 1. The van der Waals surface area contributed by atoms with Gasteiger partial charge in [-0.05, 0) is 50.6 Å². The second-order valence-electron chi connectivity index (χ2n) is 6.70. The van der Waals surface area contributed by atoms with E-state index < -0.39 is 9.84 Å². The molecule has 0 fully saturated rings. The molecule has 6 nitrogen and oxygen atoms in total. The fourth-order valence-corrected chi connectivity index (χ4v) is 5.46. The van der Waals surface area contributed by atoms with E-state index in [1.54, 1.807) is 31.4 Å². The molecule has 29 heavy (non-hydrogen) atoms. The smallest absolute Gasteiger partial charge is 0.248 e. The molecule has 0 aliphatic heterocycles. The fraction of sp³-hybridized carbons (Fsp3) is 0.333. The third kappa shape index (κ3) is 4.94. The van der Waals surface area contributed by atoms with Gasteiger partial charge in [0.05, 0.1) is 28.0 Å². The molecule has 8 heteroatoms. The molecular weight excluding hydrogens is 408 g/mol. The maximum Gasteiger partial charge on any atom is 0.248 e. The Bertz CT molecular complexity index is 1190. The number of hydrogen-bond donors (Lipinski definition) is 0. The van der Waals surface area contributed by atoms with Gasteiger partial charge in [0, 0.05) is 13.0 Å². The maximum atomic E-state index is 12.4. The molecule has 3 aromatic rings. The first-order chi connectivity index (χ1) is 13.8. The number of nitrogens with zero attached hydrogens (tertiary/aromatic N) is 2. The lowest BCUT2D eigenvalue weighted by Crippen LogP contribution is -2.16. The van der Waals surface area contributed by atoms with E-state index in [-0.39, 0.29) is 29.4 Å². The molecule has 3 rings (SSSR count). The molecule has 0 aliphatic rings. The lowest BCUT2D eigenvalue weighted by atomic mass is 10.2. The second-order valence-corrected chi connectivity index (χ2v) is 9.82. The number of carbonyl (C=O) groups excluding carboxylic acids is 1. The van der Waals surface area contributed by atoms with E-state index in [4.69, 9.17) is 4.74 Å². The lowest BCUT2D eigenvalue weighted by Gasteiger charge is -2.04. The standard InChI is InChI=1S/C21H24N2O4S2/c1-4-23-18-12-9-16(27-3)14-19(18)28-21(23)22-20(24)6-5-13-29(25,26)17-10-7-15(2)8-11-17/h7-12,14H,4-6,13H2,1-3H3. The molecule has 0 bridgehead atoms. The third-order valence-electron chi connectivity index (χ3n) is 4.61. The zero-order chi connectivity index (χ0) is 21.0. The number of methoxy groups -OCH3 is 1. The molecule has 0 unspecified atom stereocenters.